The van der Waals surface area contributed by atoms with Crippen LogP contribution in [0, 0.1) is 0 Å². The summed E-state index contributed by atoms with van der Waals surface area (Å²) >= 11 is 0. The molecule has 0 saturated carbocycles. The molecular weight excluding hydrogens is 428 g/mol. The molecule has 0 bridgehead atoms. The molecule has 1 aliphatic heterocycles. The lowest BCUT2D eigenvalue weighted by Crippen LogP contribution is -2.53. The highest BCUT2D eigenvalue weighted by molar-refractivity contribution is 6.11. The molecule has 180 valence electrons. The van der Waals surface area contributed by atoms with Crippen molar-refractivity contribution in [1.29, 1.82) is 0 Å². The zero-order valence-electron chi connectivity index (χ0n) is 20.8. The number of furan rings is 1. The number of aromatic nitrogens is 1. The van der Waals surface area contributed by atoms with Crippen molar-refractivity contribution < 1.29 is 22.9 Å². The van der Waals surface area contributed by atoms with Crippen LogP contribution in [0.1, 0.15) is 0 Å². The third-order valence-electron chi connectivity index (χ3n) is 7.04. The van der Waals surface area contributed by atoms with Gasteiger partial charge >= 0.3 is 0 Å². The summed E-state index contributed by atoms with van der Waals surface area (Å²) in [4.78, 5) is 2.18. The summed E-state index contributed by atoms with van der Waals surface area (Å²) in [6, 6.07) is 14.7. The van der Waals surface area contributed by atoms with Crippen LogP contribution < -0.4 is 14.6 Å². The molecule has 1 N–H and O–H groups in total. The van der Waals surface area contributed by atoms with Gasteiger partial charge in [0, 0.05) is 19.2 Å². The largest absolute Gasteiger partial charge is 0.488 e. The number of benzene rings is 2. The Hall–Kier alpha value is -2.87. The van der Waals surface area contributed by atoms with Crippen LogP contribution in [0.25, 0.3) is 33.0 Å². The second-order valence-electron chi connectivity index (χ2n) is 9.87. The average Bonchev–Trinajstić information content (AvgIpc) is 3.20. The van der Waals surface area contributed by atoms with Crippen LogP contribution in [0.4, 0.5) is 5.69 Å². The van der Waals surface area contributed by atoms with E-state index in [9.17, 15) is 0 Å². The minimum absolute atomic E-state index is 0.685. The van der Waals surface area contributed by atoms with Crippen LogP contribution in [0.15, 0.2) is 46.9 Å². The second kappa shape index (κ2) is 9.41. The van der Waals surface area contributed by atoms with Crippen LogP contribution in [0.5, 0.6) is 5.75 Å². The van der Waals surface area contributed by atoms with E-state index >= 15 is 0 Å². The highest BCUT2D eigenvalue weighted by Gasteiger charge is 2.26. The van der Waals surface area contributed by atoms with Gasteiger partial charge in [-0.2, -0.15) is 4.57 Å². The van der Waals surface area contributed by atoms with Crippen molar-refractivity contribution in [1.82, 2.24) is 4.90 Å². The molecular formula is C27H36N4O3+2. The van der Waals surface area contributed by atoms with E-state index in [1.54, 1.807) is 0 Å². The molecule has 4 aromatic rings. The van der Waals surface area contributed by atoms with Crippen molar-refractivity contribution in [3.05, 3.63) is 42.5 Å². The number of quaternary nitrogens is 1. The summed E-state index contributed by atoms with van der Waals surface area (Å²) in [5.74, 6) is 0.880. The topological polar surface area (TPSA) is 50.8 Å². The number of nitrogens with zero attached hydrogens (tertiary/aromatic N) is 3. The van der Waals surface area contributed by atoms with Crippen LogP contribution in [0.3, 0.4) is 0 Å². The molecule has 0 spiro atoms. The van der Waals surface area contributed by atoms with Crippen molar-refractivity contribution >= 4 is 38.7 Å². The van der Waals surface area contributed by atoms with Gasteiger partial charge in [0.2, 0.25) is 11.1 Å². The van der Waals surface area contributed by atoms with Gasteiger partial charge in [-0.15, -0.1) is 0 Å². The summed E-state index contributed by atoms with van der Waals surface area (Å²) in [6.45, 7) is 7.20. The minimum Gasteiger partial charge on any atom is -0.488 e. The first kappa shape index (κ1) is 22.9. The Bertz CT molecular complexity index is 1310. The lowest BCUT2D eigenvalue weighted by Gasteiger charge is -2.37. The number of likely N-dealkylation sites (N-methyl/N-ethyl adjacent to an activating group) is 2. The smallest absolute Gasteiger partial charge is 0.261 e. The molecule has 0 amide bonds. The number of anilines is 1. The van der Waals surface area contributed by atoms with Crippen LogP contribution >= 0.6 is 0 Å². The Morgan fingerprint density at radius 2 is 1.88 bits per heavy atom. The first-order valence-electron chi connectivity index (χ1n) is 12.1. The highest BCUT2D eigenvalue weighted by atomic mass is 16.5. The molecule has 7 nitrogen and oxygen atoms in total. The van der Waals surface area contributed by atoms with Crippen molar-refractivity contribution in [3.63, 3.8) is 0 Å². The summed E-state index contributed by atoms with van der Waals surface area (Å²) in [5.41, 5.74) is 5.06. The average molecular weight is 465 g/mol. The minimum atomic E-state index is 0.685. The second-order valence-corrected chi connectivity index (χ2v) is 9.87. The van der Waals surface area contributed by atoms with E-state index in [0.717, 1.165) is 89.3 Å². The van der Waals surface area contributed by atoms with Crippen molar-refractivity contribution in [2.45, 2.75) is 0 Å². The predicted molar refractivity (Wildman–Crippen MR) is 137 cm³/mol. The van der Waals surface area contributed by atoms with E-state index in [1.807, 2.05) is 12.1 Å². The lowest BCUT2D eigenvalue weighted by molar-refractivity contribution is -0.916. The van der Waals surface area contributed by atoms with E-state index in [0.29, 0.717) is 6.61 Å². The van der Waals surface area contributed by atoms with Gasteiger partial charge in [-0.3, -0.25) is 0 Å². The Balaban J connectivity index is 1.50. The fourth-order valence-electron chi connectivity index (χ4n) is 4.85. The third-order valence-corrected chi connectivity index (χ3v) is 7.04. The number of aryl methyl sites for hydroxylation is 1. The van der Waals surface area contributed by atoms with Crippen LogP contribution in [0.2, 0.25) is 0 Å². The van der Waals surface area contributed by atoms with Gasteiger partial charge in [-0.05, 0) is 38.4 Å². The lowest BCUT2D eigenvalue weighted by atomic mass is 10.1. The quantitative estimate of drug-likeness (QED) is 0.320. The number of rotatable bonds is 8. The van der Waals surface area contributed by atoms with E-state index in [2.05, 4.69) is 73.3 Å². The van der Waals surface area contributed by atoms with Gasteiger partial charge in [-0.1, -0.05) is 12.1 Å². The zero-order chi connectivity index (χ0) is 23.7. The van der Waals surface area contributed by atoms with Crippen molar-refractivity contribution in [3.8, 4) is 5.75 Å². The summed E-state index contributed by atoms with van der Waals surface area (Å²) in [5, 5.41) is 5.88. The van der Waals surface area contributed by atoms with Gasteiger partial charge in [0.05, 0.1) is 36.7 Å². The maximum absolute atomic E-state index is 6.43. The fraction of sp³-hybridized carbons (Fsp3) is 0.444. The van der Waals surface area contributed by atoms with E-state index < -0.39 is 0 Å². The van der Waals surface area contributed by atoms with Gasteiger partial charge in [0.1, 0.15) is 44.6 Å². The molecule has 2 aromatic heterocycles. The predicted octanol–water partition coefficient (Wildman–Crippen LogP) is 3.39. The van der Waals surface area contributed by atoms with Gasteiger partial charge in [0.15, 0.2) is 0 Å². The number of nitrogens with one attached hydrogen (secondary N) is 1. The number of morpholine rings is 1. The summed E-state index contributed by atoms with van der Waals surface area (Å²) in [6.07, 6.45) is 0. The van der Waals surface area contributed by atoms with E-state index in [-0.39, 0.29) is 0 Å². The highest BCUT2D eigenvalue weighted by Crippen LogP contribution is 2.37. The number of hydrogen-bond donors (Lipinski definition) is 1. The molecule has 1 fully saturated rings. The fourth-order valence-corrected chi connectivity index (χ4v) is 4.85. The zero-order valence-corrected chi connectivity index (χ0v) is 20.8. The Morgan fingerprint density at radius 1 is 1.09 bits per heavy atom. The number of para-hydroxylation sites is 1. The molecule has 3 heterocycles. The maximum atomic E-state index is 6.43. The third kappa shape index (κ3) is 4.43. The molecule has 34 heavy (non-hydrogen) atoms. The number of fused-ring (bicyclic) bond motifs is 4. The maximum Gasteiger partial charge on any atom is 0.261 e. The Kier molecular flexibility index (Phi) is 6.34. The van der Waals surface area contributed by atoms with Crippen LogP contribution in [-0.4, -0.2) is 83.1 Å². The molecule has 0 atom stereocenters. The monoisotopic (exact) mass is 464 g/mol. The van der Waals surface area contributed by atoms with Crippen molar-refractivity contribution in [2.75, 3.05) is 79.0 Å². The first-order valence-corrected chi connectivity index (χ1v) is 12.1. The van der Waals surface area contributed by atoms with E-state index in [1.165, 1.54) is 5.52 Å². The summed E-state index contributed by atoms with van der Waals surface area (Å²) in [7, 11) is 8.57. The molecule has 2 aromatic carbocycles. The van der Waals surface area contributed by atoms with Gasteiger partial charge < -0.3 is 28.6 Å². The summed E-state index contributed by atoms with van der Waals surface area (Å²) < 4.78 is 21.4. The standard InChI is InChI=1S/C27H35N4O3/c1-29(2)12-11-28-25-21-7-5-6-8-23(21)30(3)26-22-19-20(9-10-24(22)34-27(25)26)33-18-15-31(4)13-16-32-17-14-31/h5-10,19H,11-18H2,1-4H3/q+1/p+1. The first-order chi connectivity index (χ1) is 16.5. The SMILES string of the molecule is CN(C)CCNc1c2ccccc2[n+](C)c2c1oc1ccc(OCC[N+]3(C)CCOCC3)cc12. The van der Waals surface area contributed by atoms with E-state index in [4.69, 9.17) is 13.9 Å². The normalized spacial score (nSPS) is 16.0. The molecule has 0 unspecified atom stereocenters. The number of hydrogen-bond acceptors (Lipinski definition) is 5. The Morgan fingerprint density at radius 3 is 2.68 bits per heavy atom. The van der Waals surface area contributed by atoms with Crippen molar-refractivity contribution in [2.24, 2.45) is 7.05 Å². The molecule has 7 heteroatoms. The molecule has 1 saturated heterocycles. The number of pyridine rings is 1. The molecule has 1 aliphatic rings. The van der Waals surface area contributed by atoms with Gasteiger partial charge in [0.25, 0.3) is 5.52 Å². The Labute approximate surface area is 201 Å². The molecule has 5 rings (SSSR count). The number of ether oxygens (including phenoxy) is 2. The van der Waals surface area contributed by atoms with Crippen LogP contribution in [-0.2, 0) is 11.8 Å². The molecule has 0 aliphatic carbocycles. The molecule has 0 radical (unpaired) electrons. The van der Waals surface area contributed by atoms with Gasteiger partial charge in [-0.25, -0.2) is 0 Å².